The van der Waals surface area contributed by atoms with Gasteiger partial charge in [-0.05, 0) is 13.1 Å². The lowest BCUT2D eigenvalue weighted by Crippen LogP contribution is -2.19. The van der Waals surface area contributed by atoms with Crippen molar-refractivity contribution in [2.75, 3.05) is 28.4 Å². The minimum atomic E-state index is 0.0888. The predicted molar refractivity (Wildman–Crippen MR) is 83.7 cm³/mol. The van der Waals surface area contributed by atoms with Crippen LogP contribution in [0.1, 0.15) is 16.6 Å². The summed E-state index contributed by atoms with van der Waals surface area (Å²) in [5.41, 5.74) is 1.02. The summed E-state index contributed by atoms with van der Waals surface area (Å²) in [4.78, 5) is 4.34. The Bertz CT molecular complexity index is 573. The molecule has 0 saturated heterocycles. The van der Waals surface area contributed by atoms with Gasteiger partial charge in [0.2, 0.25) is 0 Å². The van der Waals surface area contributed by atoms with Crippen molar-refractivity contribution in [3.63, 3.8) is 0 Å². The Hall–Kier alpha value is -1.79. The molecule has 1 unspecified atom stereocenters. The van der Waals surface area contributed by atoms with Crippen LogP contribution in [-0.2, 0) is 6.42 Å². The van der Waals surface area contributed by atoms with Crippen LogP contribution in [0, 0.1) is 0 Å². The summed E-state index contributed by atoms with van der Waals surface area (Å²) in [6.45, 7) is 0. The quantitative estimate of drug-likeness (QED) is 0.852. The van der Waals surface area contributed by atoms with Crippen LogP contribution in [0.15, 0.2) is 23.7 Å². The highest BCUT2D eigenvalue weighted by atomic mass is 32.1. The van der Waals surface area contributed by atoms with E-state index in [1.54, 1.807) is 32.7 Å². The van der Waals surface area contributed by atoms with Crippen LogP contribution in [0.25, 0.3) is 0 Å². The number of hydrogen-bond acceptors (Lipinski definition) is 6. The molecule has 114 valence electrons. The highest BCUT2D eigenvalue weighted by molar-refractivity contribution is 7.09. The first-order valence-electron chi connectivity index (χ1n) is 6.59. The first kappa shape index (κ1) is 15.6. The molecule has 0 amide bonds. The molecule has 2 aromatic rings. The molecule has 0 saturated carbocycles. The molecule has 1 aromatic heterocycles. The van der Waals surface area contributed by atoms with Gasteiger partial charge in [0.25, 0.3) is 0 Å². The number of aromatic nitrogens is 1. The minimum Gasteiger partial charge on any atom is -0.496 e. The second-order valence-electron chi connectivity index (χ2n) is 4.42. The Morgan fingerprint density at radius 2 is 1.76 bits per heavy atom. The third kappa shape index (κ3) is 3.46. The number of thiazole rings is 1. The van der Waals surface area contributed by atoms with Crippen LogP contribution in [0.3, 0.4) is 0 Å². The fourth-order valence-electron chi connectivity index (χ4n) is 2.22. The molecule has 0 aliphatic heterocycles. The van der Waals surface area contributed by atoms with E-state index in [1.165, 1.54) is 0 Å². The molecule has 0 bridgehead atoms. The van der Waals surface area contributed by atoms with Crippen LogP contribution >= 0.6 is 11.3 Å². The average Bonchev–Trinajstić information content (AvgIpc) is 3.04. The average molecular weight is 308 g/mol. The van der Waals surface area contributed by atoms with E-state index >= 15 is 0 Å². The zero-order chi connectivity index (χ0) is 15.2. The van der Waals surface area contributed by atoms with Crippen molar-refractivity contribution in [1.82, 2.24) is 10.3 Å². The Balaban J connectivity index is 2.39. The number of ether oxygens (including phenoxy) is 3. The molecule has 0 spiro atoms. The molecule has 1 heterocycles. The van der Waals surface area contributed by atoms with Crippen LogP contribution in [0.4, 0.5) is 0 Å². The van der Waals surface area contributed by atoms with Crippen LogP contribution in [0.5, 0.6) is 17.2 Å². The second-order valence-corrected chi connectivity index (χ2v) is 5.40. The number of benzene rings is 1. The fraction of sp³-hybridized carbons (Fsp3) is 0.400. The summed E-state index contributed by atoms with van der Waals surface area (Å²) in [6, 6.07) is 3.89. The van der Waals surface area contributed by atoms with Gasteiger partial charge in [0.1, 0.15) is 5.75 Å². The lowest BCUT2D eigenvalue weighted by Gasteiger charge is -2.20. The molecule has 0 radical (unpaired) electrons. The zero-order valence-corrected chi connectivity index (χ0v) is 13.5. The van der Waals surface area contributed by atoms with Crippen molar-refractivity contribution < 1.29 is 14.2 Å². The molecule has 1 N–H and O–H groups in total. The van der Waals surface area contributed by atoms with Crippen molar-refractivity contribution in [3.05, 3.63) is 34.3 Å². The predicted octanol–water partition coefficient (Wildman–Crippen LogP) is 2.67. The maximum absolute atomic E-state index is 5.50. The Morgan fingerprint density at radius 3 is 2.29 bits per heavy atom. The van der Waals surface area contributed by atoms with Gasteiger partial charge in [0, 0.05) is 35.7 Å². The van der Waals surface area contributed by atoms with Gasteiger partial charge in [0.05, 0.1) is 26.3 Å². The molecule has 2 rings (SSSR count). The molecular formula is C15H20N2O3S. The first-order valence-corrected chi connectivity index (χ1v) is 7.47. The summed E-state index contributed by atoms with van der Waals surface area (Å²) < 4.78 is 16.2. The molecule has 0 aliphatic carbocycles. The fourth-order valence-corrected chi connectivity index (χ4v) is 2.88. The number of nitrogens with one attached hydrogen (secondary N) is 1. The van der Waals surface area contributed by atoms with E-state index in [1.807, 2.05) is 30.8 Å². The normalized spacial score (nSPS) is 12.0. The van der Waals surface area contributed by atoms with E-state index in [2.05, 4.69) is 10.3 Å². The third-order valence-corrected chi connectivity index (χ3v) is 4.12. The smallest absolute Gasteiger partial charge is 0.164 e. The number of hydrogen-bond donors (Lipinski definition) is 1. The number of rotatable bonds is 7. The van der Waals surface area contributed by atoms with Crippen molar-refractivity contribution in [1.29, 1.82) is 0 Å². The van der Waals surface area contributed by atoms with E-state index < -0.39 is 0 Å². The Labute approximate surface area is 128 Å². The van der Waals surface area contributed by atoms with E-state index in [9.17, 15) is 0 Å². The highest BCUT2D eigenvalue weighted by Gasteiger charge is 2.20. The molecule has 5 nitrogen and oxygen atoms in total. The number of methoxy groups -OCH3 is 3. The summed E-state index contributed by atoms with van der Waals surface area (Å²) >= 11 is 1.64. The van der Waals surface area contributed by atoms with Crippen LogP contribution in [0.2, 0.25) is 0 Å². The standard InChI is InChI=1S/C15H20N2O3S/c1-16-11(8-15-17-5-6-21-15)10-7-13(19-3)14(20-4)9-12(10)18-2/h5-7,9,11,16H,8H2,1-4H3. The maximum atomic E-state index is 5.50. The van der Waals surface area contributed by atoms with Gasteiger partial charge in [-0.1, -0.05) is 0 Å². The van der Waals surface area contributed by atoms with Crippen molar-refractivity contribution in [3.8, 4) is 17.2 Å². The van der Waals surface area contributed by atoms with E-state index in [0.29, 0.717) is 11.5 Å². The lowest BCUT2D eigenvalue weighted by molar-refractivity contribution is 0.345. The van der Waals surface area contributed by atoms with Gasteiger partial charge < -0.3 is 19.5 Å². The molecule has 1 aromatic carbocycles. The van der Waals surface area contributed by atoms with Gasteiger partial charge >= 0.3 is 0 Å². The Kier molecular flexibility index (Phi) is 5.41. The molecule has 21 heavy (non-hydrogen) atoms. The summed E-state index contributed by atoms with van der Waals surface area (Å²) in [7, 11) is 6.82. The first-order chi connectivity index (χ1) is 10.2. The minimum absolute atomic E-state index is 0.0888. The molecule has 1 atom stereocenters. The van der Waals surface area contributed by atoms with Crippen molar-refractivity contribution in [2.24, 2.45) is 0 Å². The summed E-state index contributed by atoms with van der Waals surface area (Å²) in [5, 5.41) is 6.37. The third-order valence-electron chi connectivity index (χ3n) is 3.32. The topological polar surface area (TPSA) is 52.6 Å². The monoisotopic (exact) mass is 308 g/mol. The van der Waals surface area contributed by atoms with Crippen LogP contribution in [-0.4, -0.2) is 33.4 Å². The second kappa shape index (κ2) is 7.28. The van der Waals surface area contributed by atoms with Gasteiger partial charge in [-0.15, -0.1) is 11.3 Å². The summed E-state index contributed by atoms with van der Waals surface area (Å²) in [6.07, 6.45) is 2.61. The van der Waals surface area contributed by atoms with Gasteiger partial charge in [-0.2, -0.15) is 0 Å². The largest absolute Gasteiger partial charge is 0.496 e. The molecular weight excluding hydrogens is 288 g/mol. The Morgan fingerprint density at radius 1 is 1.10 bits per heavy atom. The van der Waals surface area contributed by atoms with Crippen LogP contribution < -0.4 is 19.5 Å². The van der Waals surface area contributed by atoms with Gasteiger partial charge in [0.15, 0.2) is 11.5 Å². The lowest BCUT2D eigenvalue weighted by atomic mass is 10.0. The molecule has 0 aliphatic rings. The van der Waals surface area contributed by atoms with Crippen molar-refractivity contribution in [2.45, 2.75) is 12.5 Å². The van der Waals surface area contributed by atoms with Gasteiger partial charge in [-0.3, -0.25) is 0 Å². The zero-order valence-electron chi connectivity index (χ0n) is 12.7. The van der Waals surface area contributed by atoms with E-state index in [0.717, 1.165) is 22.7 Å². The molecule has 0 fully saturated rings. The number of likely N-dealkylation sites (N-methyl/N-ethyl adjacent to an activating group) is 1. The maximum Gasteiger partial charge on any atom is 0.164 e. The molecule has 6 heteroatoms. The van der Waals surface area contributed by atoms with E-state index in [-0.39, 0.29) is 6.04 Å². The highest BCUT2D eigenvalue weighted by Crippen LogP contribution is 2.38. The van der Waals surface area contributed by atoms with Gasteiger partial charge in [-0.25, -0.2) is 4.98 Å². The number of nitrogens with zero attached hydrogens (tertiary/aromatic N) is 1. The SMILES string of the molecule is CNC(Cc1nccs1)c1cc(OC)c(OC)cc1OC. The van der Waals surface area contributed by atoms with E-state index in [4.69, 9.17) is 14.2 Å². The summed E-state index contributed by atoms with van der Waals surface area (Å²) in [5.74, 6) is 2.11. The van der Waals surface area contributed by atoms with Crippen molar-refractivity contribution >= 4 is 11.3 Å².